The molecule has 1 aliphatic rings. The number of aliphatic carboxylic acids is 1. The molecule has 18 heavy (non-hydrogen) atoms. The maximum atomic E-state index is 12.1. The standard InChI is InChI=1S/C12H15N3O3/c16-11(17)6-9-2-1-5-15(8-9)12(18)10-7-13-3-4-14-10/h3-4,7,9H,1-2,5-6,8H2,(H,16,17). The molecule has 0 bridgehead atoms. The lowest BCUT2D eigenvalue weighted by Gasteiger charge is -2.31. The highest BCUT2D eigenvalue weighted by Gasteiger charge is 2.26. The Hall–Kier alpha value is -1.98. The first-order valence-corrected chi connectivity index (χ1v) is 5.94. The van der Waals surface area contributed by atoms with Crippen LogP contribution in [0.2, 0.25) is 0 Å². The Balaban J connectivity index is 2.00. The largest absolute Gasteiger partial charge is 0.481 e. The Morgan fingerprint density at radius 2 is 2.28 bits per heavy atom. The van der Waals surface area contributed by atoms with Gasteiger partial charge in [0.25, 0.3) is 5.91 Å². The molecule has 1 saturated heterocycles. The van der Waals surface area contributed by atoms with Gasteiger partial charge in [0.2, 0.25) is 0 Å². The molecule has 2 heterocycles. The molecule has 1 unspecified atom stereocenters. The minimum Gasteiger partial charge on any atom is -0.481 e. The van der Waals surface area contributed by atoms with Crippen LogP contribution in [0.3, 0.4) is 0 Å². The highest BCUT2D eigenvalue weighted by molar-refractivity contribution is 5.92. The van der Waals surface area contributed by atoms with Gasteiger partial charge in [-0.25, -0.2) is 4.98 Å². The number of nitrogens with zero attached hydrogens (tertiary/aromatic N) is 3. The molecule has 1 atom stereocenters. The number of piperidine rings is 1. The fourth-order valence-electron chi connectivity index (χ4n) is 2.23. The number of carboxylic acid groups (broad SMARTS) is 1. The van der Waals surface area contributed by atoms with Gasteiger partial charge in [0.05, 0.1) is 6.20 Å². The van der Waals surface area contributed by atoms with Crippen LogP contribution in [0, 0.1) is 5.92 Å². The molecule has 1 aromatic rings. The molecule has 0 spiro atoms. The van der Waals surface area contributed by atoms with Crippen LogP contribution in [-0.4, -0.2) is 44.9 Å². The first kappa shape index (κ1) is 12.5. The van der Waals surface area contributed by atoms with E-state index in [0.29, 0.717) is 18.8 Å². The molecule has 1 aromatic heterocycles. The second kappa shape index (κ2) is 5.57. The number of hydrogen-bond acceptors (Lipinski definition) is 4. The summed E-state index contributed by atoms with van der Waals surface area (Å²) in [5.74, 6) is -0.941. The van der Waals surface area contributed by atoms with E-state index in [-0.39, 0.29) is 18.2 Å². The molecule has 6 heteroatoms. The zero-order chi connectivity index (χ0) is 13.0. The van der Waals surface area contributed by atoms with Crippen molar-refractivity contribution in [2.45, 2.75) is 19.3 Å². The monoisotopic (exact) mass is 249 g/mol. The number of carbonyl (C=O) groups is 2. The van der Waals surface area contributed by atoms with Crippen molar-refractivity contribution in [2.24, 2.45) is 5.92 Å². The molecule has 1 fully saturated rings. The van der Waals surface area contributed by atoms with Gasteiger partial charge in [-0.15, -0.1) is 0 Å². The highest BCUT2D eigenvalue weighted by Crippen LogP contribution is 2.20. The lowest BCUT2D eigenvalue weighted by molar-refractivity contribution is -0.138. The van der Waals surface area contributed by atoms with E-state index < -0.39 is 5.97 Å². The van der Waals surface area contributed by atoms with Crippen molar-refractivity contribution in [3.8, 4) is 0 Å². The smallest absolute Gasteiger partial charge is 0.303 e. The van der Waals surface area contributed by atoms with Crippen molar-refractivity contribution in [2.75, 3.05) is 13.1 Å². The minimum atomic E-state index is -0.811. The van der Waals surface area contributed by atoms with E-state index in [2.05, 4.69) is 9.97 Å². The summed E-state index contributed by atoms with van der Waals surface area (Å²) in [7, 11) is 0. The van der Waals surface area contributed by atoms with Crippen LogP contribution in [-0.2, 0) is 4.79 Å². The number of aromatic nitrogens is 2. The third kappa shape index (κ3) is 3.03. The number of amides is 1. The first-order chi connectivity index (χ1) is 8.66. The van der Waals surface area contributed by atoms with Crippen molar-refractivity contribution < 1.29 is 14.7 Å². The summed E-state index contributed by atoms with van der Waals surface area (Å²) in [4.78, 5) is 32.3. The maximum absolute atomic E-state index is 12.1. The van der Waals surface area contributed by atoms with Gasteiger partial charge < -0.3 is 10.0 Å². The van der Waals surface area contributed by atoms with Gasteiger partial charge >= 0.3 is 5.97 Å². The molecule has 0 aliphatic carbocycles. The SMILES string of the molecule is O=C(O)CC1CCCN(C(=O)c2cnccn2)C1. The molecule has 1 N–H and O–H groups in total. The van der Waals surface area contributed by atoms with Crippen LogP contribution in [0.4, 0.5) is 0 Å². The van der Waals surface area contributed by atoms with Crippen LogP contribution in [0.15, 0.2) is 18.6 Å². The Morgan fingerprint density at radius 3 is 2.94 bits per heavy atom. The third-order valence-electron chi connectivity index (χ3n) is 3.05. The number of rotatable bonds is 3. The fraction of sp³-hybridized carbons (Fsp3) is 0.500. The van der Waals surface area contributed by atoms with Crippen molar-refractivity contribution >= 4 is 11.9 Å². The molecule has 6 nitrogen and oxygen atoms in total. The second-order valence-electron chi connectivity index (χ2n) is 4.45. The summed E-state index contributed by atoms with van der Waals surface area (Å²) in [5, 5.41) is 8.78. The number of carbonyl (C=O) groups excluding carboxylic acids is 1. The highest BCUT2D eigenvalue weighted by atomic mass is 16.4. The van der Waals surface area contributed by atoms with Gasteiger partial charge in [-0.3, -0.25) is 14.6 Å². The number of carboxylic acids is 1. The van der Waals surface area contributed by atoms with Crippen molar-refractivity contribution in [3.05, 3.63) is 24.3 Å². The molecule has 2 rings (SSSR count). The van der Waals surface area contributed by atoms with Crippen molar-refractivity contribution in [1.82, 2.24) is 14.9 Å². The molecule has 1 amide bonds. The first-order valence-electron chi connectivity index (χ1n) is 5.94. The second-order valence-corrected chi connectivity index (χ2v) is 4.45. The Labute approximate surface area is 105 Å². The fourth-order valence-corrected chi connectivity index (χ4v) is 2.23. The van der Waals surface area contributed by atoms with E-state index in [1.54, 1.807) is 4.90 Å². The number of likely N-dealkylation sites (tertiary alicyclic amines) is 1. The molecular formula is C12H15N3O3. The lowest BCUT2D eigenvalue weighted by Crippen LogP contribution is -2.40. The van der Waals surface area contributed by atoms with Gasteiger partial charge in [-0.1, -0.05) is 0 Å². The minimum absolute atomic E-state index is 0.0388. The molecular weight excluding hydrogens is 234 g/mol. The zero-order valence-corrected chi connectivity index (χ0v) is 9.95. The molecule has 0 aromatic carbocycles. The lowest BCUT2D eigenvalue weighted by atomic mass is 9.95. The summed E-state index contributed by atoms with van der Waals surface area (Å²) in [6, 6.07) is 0. The van der Waals surface area contributed by atoms with Crippen LogP contribution in [0.25, 0.3) is 0 Å². The van der Waals surface area contributed by atoms with Crippen LogP contribution >= 0.6 is 0 Å². The topological polar surface area (TPSA) is 83.4 Å². The molecule has 0 radical (unpaired) electrons. The molecule has 1 aliphatic heterocycles. The Morgan fingerprint density at radius 1 is 1.44 bits per heavy atom. The average Bonchev–Trinajstić information content (AvgIpc) is 2.38. The van der Waals surface area contributed by atoms with Gasteiger partial charge in [0.15, 0.2) is 0 Å². The maximum Gasteiger partial charge on any atom is 0.303 e. The predicted octanol–water partition coefficient (Wildman–Crippen LogP) is 0.803. The summed E-state index contributed by atoms with van der Waals surface area (Å²) in [6.45, 7) is 1.15. The number of hydrogen-bond donors (Lipinski definition) is 1. The summed E-state index contributed by atoms with van der Waals surface area (Å²) < 4.78 is 0. The summed E-state index contributed by atoms with van der Waals surface area (Å²) >= 11 is 0. The molecule has 0 saturated carbocycles. The summed E-state index contributed by atoms with van der Waals surface area (Å²) in [5.41, 5.74) is 0.313. The zero-order valence-electron chi connectivity index (χ0n) is 9.95. The molecule has 96 valence electrons. The van der Waals surface area contributed by atoms with E-state index >= 15 is 0 Å². The Kier molecular flexibility index (Phi) is 3.86. The predicted molar refractivity (Wildman–Crippen MR) is 62.9 cm³/mol. The van der Waals surface area contributed by atoms with Crippen molar-refractivity contribution in [1.29, 1.82) is 0 Å². The normalized spacial score (nSPS) is 19.6. The Bertz CT molecular complexity index is 435. The van der Waals surface area contributed by atoms with E-state index in [4.69, 9.17) is 5.11 Å². The average molecular weight is 249 g/mol. The summed E-state index contributed by atoms with van der Waals surface area (Å²) in [6.07, 6.45) is 6.24. The van der Waals surface area contributed by atoms with E-state index in [1.807, 2.05) is 0 Å². The third-order valence-corrected chi connectivity index (χ3v) is 3.05. The van der Waals surface area contributed by atoms with Gasteiger partial charge in [-0.2, -0.15) is 0 Å². The van der Waals surface area contributed by atoms with Gasteiger partial charge in [0.1, 0.15) is 5.69 Å². The van der Waals surface area contributed by atoms with Gasteiger partial charge in [-0.05, 0) is 18.8 Å². The van der Waals surface area contributed by atoms with Crippen LogP contribution in [0.1, 0.15) is 29.8 Å². The van der Waals surface area contributed by atoms with Crippen LogP contribution in [0.5, 0.6) is 0 Å². The van der Waals surface area contributed by atoms with Crippen LogP contribution < -0.4 is 0 Å². The van der Waals surface area contributed by atoms with Gasteiger partial charge in [0, 0.05) is 31.9 Å². The van der Waals surface area contributed by atoms with E-state index in [9.17, 15) is 9.59 Å². The van der Waals surface area contributed by atoms with Crippen molar-refractivity contribution in [3.63, 3.8) is 0 Å². The van der Waals surface area contributed by atoms with E-state index in [0.717, 1.165) is 12.8 Å². The van der Waals surface area contributed by atoms with E-state index in [1.165, 1.54) is 18.6 Å². The quantitative estimate of drug-likeness (QED) is 0.856.